The van der Waals surface area contributed by atoms with E-state index in [-0.39, 0.29) is 0 Å². The van der Waals surface area contributed by atoms with Crippen LogP contribution in [-0.2, 0) is 15.1 Å². The van der Waals surface area contributed by atoms with Gasteiger partial charge in [-0.2, -0.15) is 0 Å². The Morgan fingerprint density at radius 2 is 1.93 bits per heavy atom. The molecule has 1 aliphatic heterocycles. The van der Waals surface area contributed by atoms with Crippen LogP contribution in [0.1, 0.15) is 31.7 Å². The zero-order valence-corrected chi connectivity index (χ0v) is 17.7. The van der Waals surface area contributed by atoms with Crippen LogP contribution in [0.15, 0.2) is 53.4 Å². The van der Waals surface area contributed by atoms with Crippen molar-refractivity contribution in [3.8, 4) is 0 Å². The van der Waals surface area contributed by atoms with E-state index < -0.39 is 35.7 Å². The average molecular weight is 430 g/mol. The minimum atomic E-state index is -1.29. The fraction of sp³-hybridized carbons (Fsp3) is 0.318. The zero-order valence-electron chi connectivity index (χ0n) is 16.9. The van der Waals surface area contributed by atoms with Gasteiger partial charge in [0.2, 0.25) is 5.91 Å². The number of imide groups is 1. The van der Waals surface area contributed by atoms with Gasteiger partial charge >= 0.3 is 6.03 Å². The molecule has 2 aromatic rings. The summed E-state index contributed by atoms with van der Waals surface area (Å²) in [5, 5.41) is 5.48. The van der Waals surface area contributed by atoms with Crippen molar-refractivity contribution in [2.45, 2.75) is 36.6 Å². The summed E-state index contributed by atoms with van der Waals surface area (Å²) in [6.07, 6.45) is 3.80. The van der Waals surface area contributed by atoms with Gasteiger partial charge in [-0.3, -0.25) is 14.5 Å². The number of unbranched alkanes of at least 4 members (excludes halogenated alkanes) is 1. The second-order valence-electron chi connectivity index (χ2n) is 7.12. The molecule has 1 heterocycles. The molecule has 1 saturated heterocycles. The summed E-state index contributed by atoms with van der Waals surface area (Å²) in [5.41, 5.74) is -0.194. The van der Waals surface area contributed by atoms with E-state index in [1.807, 2.05) is 31.4 Å². The minimum absolute atomic E-state index is 0.369. The Morgan fingerprint density at radius 1 is 1.20 bits per heavy atom. The normalized spacial score (nSPS) is 18.4. The van der Waals surface area contributed by atoms with Gasteiger partial charge in [0.05, 0.1) is 0 Å². The largest absolute Gasteiger partial charge is 0.325 e. The Balaban J connectivity index is 1.80. The highest BCUT2D eigenvalue weighted by molar-refractivity contribution is 7.98. The molecule has 1 aliphatic rings. The van der Waals surface area contributed by atoms with E-state index >= 15 is 0 Å². The molecule has 0 aliphatic carbocycles. The van der Waals surface area contributed by atoms with Crippen LogP contribution in [0.2, 0.25) is 0 Å². The van der Waals surface area contributed by atoms with Crippen molar-refractivity contribution < 1.29 is 18.8 Å². The monoisotopic (exact) mass is 429 g/mol. The molecule has 30 heavy (non-hydrogen) atoms. The van der Waals surface area contributed by atoms with Gasteiger partial charge < -0.3 is 10.6 Å². The van der Waals surface area contributed by atoms with Gasteiger partial charge in [0.1, 0.15) is 17.9 Å². The number of nitrogens with zero attached hydrogens (tertiary/aromatic N) is 1. The van der Waals surface area contributed by atoms with Gasteiger partial charge in [-0.15, -0.1) is 11.8 Å². The molecule has 0 aromatic heterocycles. The molecule has 0 bridgehead atoms. The lowest BCUT2D eigenvalue weighted by Gasteiger charge is -2.27. The van der Waals surface area contributed by atoms with Crippen molar-refractivity contribution >= 4 is 35.3 Å². The lowest BCUT2D eigenvalue weighted by atomic mass is 9.85. The van der Waals surface area contributed by atoms with Crippen molar-refractivity contribution in [3.05, 3.63) is 59.9 Å². The van der Waals surface area contributed by atoms with E-state index in [0.717, 1.165) is 16.2 Å². The Hall–Kier alpha value is -2.87. The zero-order chi connectivity index (χ0) is 21.7. The molecule has 8 heteroatoms. The quantitative estimate of drug-likeness (QED) is 0.489. The molecule has 0 spiro atoms. The number of halogens is 1. The van der Waals surface area contributed by atoms with Crippen molar-refractivity contribution in [1.29, 1.82) is 0 Å². The molecular weight excluding hydrogens is 405 g/mol. The number of rotatable bonds is 8. The topological polar surface area (TPSA) is 78.5 Å². The first kappa shape index (κ1) is 21.8. The van der Waals surface area contributed by atoms with E-state index in [1.165, 1.54) is 24.3 Å². The molecule has 0 radical (unpaired) electrons. The second kappa shape index (κ2) is 9.30. The Morgan fingerprint density at radius 3 is 2.60 bits per heavy atom. The molecule has 6 nitrogen and oxygen atoms in total. The Bertz CT molecular complexity index is 951. The molecular formula is C22H24FN3O3S. The van der Waals surface area contributed by atoms with Gasteiger partial charge in [-0.05, 0) is 48.6 Å². The van der Waals surface area contributed by atoms with Crippen LogP contribution in [0.25, 0.3) is 0 Å². The van der Waals surface area contributed by atoms with Gasteiger partial charge in [-0.25, -0.2) is 9.18 Å². The Kier molecular flexibility index (Phi) is 6.77. The molecule has 2 N–H and O–H groups in total. The number of carbonyl (C=O) groups excluding carboxylic acids is 3. The van der Waals surface area contributed by atoms with Crippen molar-refractivity contribution in [2.75, 3.05) is 18.1 Å². The molecule has 0 unspecified atom stereocenters. The maximum Gasteiger partial charge on any atom is 0.325 e. The van der Waals surface area contributed by atoms with Crippen LogP contribution in [0, 0.1) is 5.82 Å². The average Bonchev–Trinajstić information content (AvgIpc) is 2.98. The predicted octanol–water partition coefficient (Wildman–Crippen LogP) is 4.12. The van der Waals surface area contributed by atoms with Gasteiger partial charge in [0.15, 0.2) is 0 Å². The lowest BCUT2D eigenvalue weighted by Crippen LogP contribution is -2.44. The van der Waals surface area contributed by atoms with Crippen LogP contribution >= 0.6 is 11.8 Å². The maximum absolute atomic E-state index is 13.4. The third-order valence-electron chi connectivity index (χ3n) is 5.07. The summed E-state index contributed by atoms with van der Waals surface area (Å²) in [4.78, 5) is 40.3. The van der Waals surface area contributed by atoms with Gasteiger partial charge in [0, 0.05) is 10.6 Å². The highest BCUT2D eigenvalue weighted by Crippen LogP contribution is 2.34. The molecule has 1 fully saturated rings. The number of anilines is 1. The van der Waals surface area contributed by atoms with Crippen LogP contribution in [-0.4, -0.2) is 35.5 Å². The van der Waals surface area contributed by atoms with E-state index in [4.69, 9.17) is 0 Å². The molecule has 1 atom stereocenters. The third-order valence-corrected chi connectivity index (χ3v) is 5.80. The number of amides is 4. The van der Waals surface area contributed by atoms with E-state index in [0.29, 0.717) is 24.1 Å². The smallest absolute Gasteiger partial charge is 0.324 e. The fourth-order valence-electron chi connectivity index (χ4n) is 3.50. The fourth-order valence-corrected chi connectivity index (χ4v) is 3.96. The standard InChI is InChI=1S/C22H24FN3O3S/c1-3-4-12-22(15-8-10-16(23)11-9-15)20(28)26(21(29)25-22)14-19(27)24-17-6-5-7-18(13-17)30-2/h5-11,13H,3-4,12,14H2,1-2H3,(H,24,27)(H,25,29)/t22-/m1/s1. The Labute approximate surface area is 179 Å². The number of hydrogen-bond acceptors (Lipinski definition) is 4. The maximum atomic E-state index is 13.4. The van der Waals surface area contributed by atoms with E-state index in [9.17, 15) is 18.8 Å². The third kappa shape index (κ3) is 4.48. The van der Waals surface area contributed by atoms with E-state index in [2.05, 4.69) is 10.6 Å². The SMILES string of the molecule is CCCC[C@]1(c2ccc(F)cc2)NC(=O)N(CC(=O)Nc2cccc(SC)c2)C1=O. The van der Waals surface area contributed by atoms with Crippen molar-refractivity contribution in [2.24, 2.45) is 0 Å². The first-order chi connectivity index (χ1) is 14.4. The van der Waals surface area contributed by atoms with Crippen molar-refractivity contribution in [1.82, 2.24) is 10.2 Å². The lowest BCUT2D eigenvalue weighted by molar-refractivity contribution is -0.134. The highest BCUT2D eigenvalue weighted by Gasteiger charge is 2.52. The summed E-state index contributed by atoms with van der Waals surface area (Å²) in [6, 6.07) is 12.2. The van der Waals surface area contributed by atoms with E-state index in [1.54, 1.807) is 17.8 Å². The van der Waals surface area contributed by atoms with Crippen LogP contribution in [0.5, 0.6) is 0 Å². The first-order valence-corrected chi connectivity index (χ1v) is 11.0. The van der Waals surface area contributed by atoms with Crippen molar-refractivity contribution in [3.63, 3.8) is 0 Å². The number of hydrogen-bond donors (Lipinski definition) is 2. The van der Waals surface area contributed by atoms with Crippen LogP contribution in [0.4, 0.5) is 14.9 Å². The van der Waals surface area contributed by atoms with Gasteiger partial charge in [0.25, 0.3) is 5.91 Å². The summed E-state index contributed by atoms with van der Waals surface area (Å²) in [7, 11) is 0. The first-order valence-electron chi connectivity index (χ1n) is 9.73. The number of nitrogens with one attached hydrogen (secondary N) is 2. The summed E-state index contributed by atoms with van der Waals surface area (Å²) >= 11 is 1.54. The minimum Gasteiger partial charge on any atom is -0.324 e. The number of carbonyl (C=O) groups is 3. The van der Waals surface area contributed by atoms with Crippen LogP contribution < -0.4 is 10.6 Å². The van der Waals surface area contributed by atoms with Gasteiger partial charge in [-0.1, -0.05) is 38.0 Å². The molecule has 2 aromatic carbocycles. The molecule has 158 valence electrons. The molecule has 0 saturated carbocycles. The predicted molar refractivity (Wildman–Crippen MR) is 115 cm³/mol. The summed E-state index contributed by atoms with van der Waals surface area (Å²) in [6.45, 7) is 1.58. The summed E-state index contributed by atoms with van der Waals surface area (Å²) in [5.74, 6) is -1.40. The number of benzene rings is 2. The summed E-state index contributed by atoms with van der Waals surface area (Å²) < 4.78 is 13.4. The number of thioether (sulfide) groups is 1. The highest BCUT2D eigenvalue weighted by atomic mass is 32.2. The van der Waals surface area contributed by atoms with Crippen LogP contribution in [0.3, 0.4) is 0 Å². The number of urea groups is 1. The second-order valence-corrected chi connectivity index (χ2v) is 8.00. The molecule has 4 amide bonds. The molecule has 3 rings (SSSR count).